The molecular formula is C29H33FN2O4S. The van der Waals surface area contributed by atoms with Gasteiger partial charge in [0.15, 0.2) is 11.6 Å². The van der Waals surface area contributed by atoms with Crippen LogP contribution in [0.1, 0.15) is 47.1 Å². The quantitative estimate of drug-likeness (QED) is 0.347. The molecule has 2 heterocycles. The number of rotatable bonds is 10. The highest BCUT2D eigenvalue weighted by molar-refractivity contribution is 7.10. The molecule has 1 aromatic heterocycles. The summed E-state index contributed by atoms with van der Waals surface area (Å²) in [5.74, 6) is 0.281. The molecule has 0 fully saturated rings. The maximum Gasteiger partial charge on any atom is 0.254 e. The Morgan fingerprint density at radius 1 is 1.16 bits per heavy atom. The van der Waals surface area contributed by atoms with Crippen LogP contribution in [0.3, 0.4) is 0 Å². The summed E-state index contributed by atoms with van der Waals surface area (Å²) < 4.78 is 25.3. The number of halogens is 1. The fraction of sp³-hybridized carbons (Fsp3) is 0.379. The van der Waals surface area contributed by atoms with Crippen molar-refractivity contribution in [3.63, 3.8) is 0 Å². The monoisotopic (exact) mass is 524 g/mol. The second-order valence-corrected chi connectivity index (χ2v) is 10.3. The summed E-state index contributed by atoms with van der Waals surface area (Å²) in [6.45, 7) is 5.23. The summed E-state index contributed by atoms with van der Waals surface area (Å²) >= 11 is 1.66. The number of fused-ring (bicyclic) bond motifs is 1. The van der Waals surface area contributed by atoms with Gasteiger partial charge >= 0.3 is 0 Å². The lowest BCUT2D eigenvalue weighted by Crippen LogP contribution is -2.48. The first kappa shape index (κ1) is 26.7. The summed E-state index contributed by atoms with van der Waals surface area (Å²) in [6.07, 6.45) is 1.63. The minimum Gasteiger partial charge on any atom is -0.497 e. The first-order valence-corrected chi connectivity index (χ1v) is 13.5. The van der Waals surface area contributed by atoms with Crippen LogP contribution < -0.4 is 9.47 Å². The summed E-state index contributed by atoms with van der Waals surface area (Å²) in [7, 11) is 1.58. The van der Waals surface area contributed by atoms with Gasteiger partial charge in [-0.1, -0.05) is 32.4 Å². The van der Waals surface area contributed by atoms with Gasteiger partial charge in [-0.15, -0.1) is 11.3 Å². The van der Waals surface area contributed by atoms with Crippen molar-refractivity contribution in [2.75, 3.05) is 33.4 Å². The molecule has 1 aliphatic rings. The molecule has 3 aromatic rings. The van der Waals surface area contributed by atoms with Gasteiger partial charge in [0, 0.05) is 23.5 Å². The summed E-state index contributed by atoms with van der Waals surface area (Å²) in [4.78, 5) is 31.8. The Balaban J connectivity index is 1.54. The molecule has 2 amide bonds. The van der Waals surface area contributed by atoms with Crippen molar-refractivity contribution in [2.45, 2.75) is 32.7 Å². The van der Waals surface area contributed by atoms with E-state index in [0.29, 0.717) is 24.4 Å². The first-order chi connectivity index (χ1) is 17.9. The van der Waals surface area contributed by atoms with E-state index in [0.717, 1.165) is 18.4 Å². The zero-order valence-corrected chi connectivity index (χ0v) is 22.3. The fourth-order valence-electron chi connectivity index (χ4n) is 4.50. The molecule has 0 spiro atoms. The SMILES string of the molecule is CC[C@H](C)CN(CC(=O)N1CCc2sccc2[C@H]1COc1ccccc1F)C(=O)c1ccc(OC)cc1. The lowest BCUT2D eigenvalue weighted by Gasteiger charge is -2.37. The number of amides is 2. The van der Waals surface area contributed by atoms with Crippen LogP contribution in [-0.4, -0.2) is 55.0 Å². The van der Waals surface area contributed by atoms with E-state index in [1.807, 2.05) is 11.4 Å². The van der Waals surface area contributed by atoms with Crippen LogP contribution in [0.4, 0.5) is 4.39 Å². The van der Waals surface area contributed by atoms with Gasteiger partial charge in [-0.25, -0.2) is 4.39 Å². The molecule has 1 aliphatic heterocycles. The molecule has 4 rings (SSSR count). The third-order valence-corrected chi connectivity index (χ3v) is 7.82. The van der Waals surface area contributed by atoms with E-state index in [-0.39, 0.29) is 42.7 Å². The molecule has 0 bridgehead atoms. The zero-order chi connectivity index (χ0) is 26.4. The Morgan fingerprint density at radius 2 is 1.92 bits per heavy atom. The van der Waals surface area contributed by atoms with Gasteiger partial charge < -0.3 is 19.3 Å². The number of carbonyl (C=O) groups is 2. The van der Waals surface area contributed by atoms with E-state index < -0.39 is 5.82 Å². The van der Waals surface area contributed by atoms with Crippen LogP contribution >= 0.6 is 11.3 Å². The molecule has 0 radical (unpaired) electrons. The second kappa shape index (κ2) is 12.2. The average Bonchev–Trinajstić information content (AvgIpc) is 3.41. The number of carbonyl (C=O) groups excluding carboxylic acids is 2. The van der Waals surface area contributed by atoms with E-state index in [4.69, 9.17) is 9.47 Å². The number of ether oxygens (including phenoxy) is 2. The zero-order valence-electron chi connectivity index (χ0n) is 21.5. The molecule has 8 heteroatoms. The molecule has 0 N–H and O–H groups in total. The average molecular weight is 525 g/mol. The number of hydrogen-bond acceptors (Lipinski definition) is 5. The Bertz CT molecular complexity index is 1210. The van der Waals surface area contributed by atoms with Gasteiger partial charge in [0.1, 0.15) is 18.9 Å². The largest absolute Gasteiger partial charge is 0.497 e. The van der Waals surface area contributed by atoms with Crippen molar-refractivity contribution >= 4 is 23.2 Å². The van der Waals surface area contributed by atoms with Gasteiger partial charge in [-0.3, -0.25) is 9.59 Å². The maximum absolute atomic E-state index is 14.2. The minimum atomic E-state index is -0.438. The predicted molar refractivity (Wildman–Crippen MR) is 143 cm³/mol. The topological polar surface area (TPSA) is 59.1 Å². The van der Waals surface area contributed by atoms with E-state index >= 15 is 0 Å². The van der Waals surface area contributed by atoms with Crippen LogP contribution in [0.25, 0.3) is 0 Å². The standard InChI is InChI=1S/C29H33FN2O4S/c1-4-20(2)17-31(29(34)21-9-11-22(35-3)12-10-21)18-28(33)32-15-13-27-23(14-16-37-27)25(32)19-36-26-8-6-5-7-24(26)30/h5-12,14,16,20,25H,4,13,15,17-19H2,1-3H3/t20-,25+/m0/s1. The van der Waals surface area contributed by atoms with Crippen molar-refractivity contribution in [3.8, 4) is 11.5 Å². The van der Waals surface area contributed by atoms with Crippen molar-refractivity contribution in [2.24, 2.45) is 5.92 Å². The number of para-hydroxylation sites is 1. The lowest BCUT2D eigenvalue weighted by atomic mass is 10.00. The molecule has 0 saturated heterocycles. The molecule has 6 nitrogen and oxygen atoms in total. The number of thiophene rings is 1. The van der Waals surface area contributed by atoms with Gasteiger partial charge in [-0.2, -0.15) is 0 Å². The molecule has 0 unspecified atom stereocenters. The van der Waals surface area contributed by atoms with Crippen molar-refractivity contribution in [1.29, 1.82) is 0 Å². The summed E-state index contributed by atoms with van der Waals surface area (Å²) in [5, 5.41) is 2.01. The molecule has 2 aromatic carbocycles. The highest BCUT2D eigenvalue weighted by Crippen LogP contribution is 2.34. The van der Waals surface area contributed by atoms with Crippen LogP contribution in [0.5, 0.6) is 11.5 Å². The Hall–Kier alpha value is -3.39. The van der Waals surface area contributed by atoms with Crippen LogP contribution in [0.2, 0.25) is 0 Å². The van der Waals surface area contributed by atoms with Gasteiger partial charge in [0.2, 0.25) is 5.91 Å². The van der Waals surface area contributed by atoms with Crippen molar-refractivity contribution in [1.82, 2.24) is 9.80 Å². The Labute approximate surface area is 221 Å². The van der Waals surface area contributed by atoms with Crippen LogP contribution in [0.15, 0.2) is 60.0 Å². The summed E-state index contributed by atoms with van der Waals surface area (Å²) in [5.41, 5.74) is 1.53. The normalized spacial score (nSPS) is 15.6. The van der Waals surface area contributed by atoms with Crippen molar-refractivity contribution in [3.05, 3.63) is 81.8 Å². The first-order valence-electron chi connectivity index (χ1n) is 12.6. The van der Waals surface area contributed by atoms with Crippen LogP contribution in [-0.2, 0) is 11.2 Å². The fourth-order valence-corrected chi connectivity index (χ4v) is 5.43. The highest BCUT2D eigenvalue weighted by Gasteiger charge is 2.34. The number of benzene rings is 2. The summed E-state index contributed by atoms with van der Waals surface area (Å²) in [6, 6.07) is 14.9. The predicted octanol–water partition coefficient (Wildman–Crippen LogP) is 5.59. The van der Waals surface area contributed by atoms with Gasteiger partial charge in [-0.05, 0) is 65.7 Å². The molecular weight excluding hydrogens is 491 g/mol. The van der Waals surface area contributed by atoms with Gasteiger partial charge in [0.25, 0.3) is 5.91 Å². The van der Waals surface area contributed by atoms with Gasteiger partial charge in [0.05, 0.1) is 13.2 Å². The van der Waals surface area contributed by atoms with E-state index in [9.17, 15) is 14.0 Å². The van der Waals surface area contributed by atoms with E-state index in [1.165, 1.54) is 10.9 Å². The van der Waals surface area contributed by atoms with Crippen LogP contribution in [0, 0.1) is 11.7 Å². The Morgan fingerprint density at radius 3 is 2.62 bits per heavy atom. The third-order valence-electron chi connectivity index (χ3n) is 6.83. The molecule has 0 saturated carbocycles. The molecule has 2 atom stereocenters. The van der Waals surface area contributed by atoms with E-state index in [2.05, 4.69) is 13.8 Å². The molecule has 196 valence electrons. The second-order valence-electron chi connectivity index (χ2n) is 9.32. The lowest BCUT2D eigenvalue weighted by molar-refractivity contribution is -0.135. The Kier molecular flexibility index (Phi) is 8.82. The maximum atomic E-state index is 14.2. The highest BCUT2D eigenvalue weighted by atomic mass is 32.1. The number of methoxy groups -OCH3 is 1. The van der Waals surface area contributed by atoms with Crippen molar-refractivity contribution < 1.29 is 23.5 Å². The molecule has 0 aliphatic carbocycles. The minimum absolute atomic E-state index is 0.0368. The number of hydrogen-bond donors (Lipinski definition) is 0. The third kappa shape index (κ3) is 6.31. The van der Waals surface area contributed by atoms with E-state index in [1.54, 1.807) is 70.7 Å². The number of nitrogens with zero attached hydrogens (tertiary/aromatic N) is 2. The molecule has 37 heavy (non-hydrogen) atoms. The smallest absolute Gasteiger partial charge is 0.254 e.